The zero-order valence-corrected chi connectivity index (χ0v) is 11.9. The highest BCUT2D eigenvalue weighted by atomic mass is 32.1. The summed E-state index contributed by atoms with van der Waals surface area (Å²) >= 11 is 4.88. The summed E-state index contributed by atoms with van der Waals surface area (Å²) in [5.41, 5.74) is 2.60. The van der Waals surface area contributed by atoms with Crippen molar-refractivity contribution in [2.24, 2.45) is 0 Å². The number of amides is 1. The van der Waals surface area contributed by atoms with Gasteiger partial charge in [0.1, 0.15) is 17.3 Å². The second kappa shape index (κ2) is 7.41. The van der Waals surface area contributed by atoms with Crippen LogP contribution < -0.4 is 15.5 Å². The zero-order chi connectivity index (χ0) is 15.1. The van der Waals surface area contributed by atoms with Crippen LogP contribution in [-0.4, -0.2) is 29.3 Å². The fourth-order valence-electron chi connectivity index (χ4n) is 1.60. The van der Waals surface area contributed by atoms with E-state index >= 15 is 0 Å². The average Bonchev–Trinajstić information content (AvgIpc) is 3.05. The monoisotopic (exact) mass is 306 g/mol. The van der Waals surface area contributed by atoms with Crippen molar-refractivity contribution >= 4 is 23.1 Å². The lowest BCUT2D eigenvalue weighted by molar-refractivity contribution is 0.0919. The standard InChI is InChI=1S/C14H14N2O4S/c17-13(12-2-1-8-20-12)15-7-9-19-11-5-3-10(4-6-11)14(21)16-18/h1-6,8,18H,7,9H2,(H,15,17)(H,16,21). The second-order valence-corrected chi connectivity index (χ2v) is 4.46. The maximum Gasteiger partial charge on any atom is 0.287 e. The van der Waals surface area contributed by atoms with Gasteiger partial charge in [0, 0.05) is 5.56 Å². The van der Waals surface area contributed by atoms with Crippen molar-refractivity contribution in [3.8, 4) is 5.75 Å². The van der Waals surface area contributed by atoms with Crippen molar-refractivity contribution in [2.45, 2.75) is 0 Å². The van der Waals surface area contributed by atoms with E-state index in [9.17, 15) is 4.79 Å². The zero-order valence-electron chi connectivity index (χ0n) is 11.0. The molecule has 1 amide bonds. The Morgan fingerprint density at radius 2 is 2.05 bits per heavy atom. The van der Waals surface area contributed by atoms with Gasteiger partial charge in [-0.2, -0.15) is 0 Å². The molecule has 21 heavy (non-hydrogen) atoms. The number of hydroxylamine groups is 1. The molecule has 1 aromatic carbocycles. The summed E-state index contributed by atoms with van der Waals surface area (Å²) in [5, 5.41) is 11.4. The minimum absolute atomic E-state index is 0.243. The van der Waals surface area contributed by atoms with Crippen LogP contribution in [0.1, 0.15) is 16.1 Å². The molecule has 6 nitrogen and oxygen atoms in total. The number of hydrogen-bond acceptors (Lipinski definition) is 5. The summed E-state index contributed by atoms with van der Waals surface area (Å²) in [6.07, 6.45) is 1.44. The first kappa shape index (κ1) is 15.0. The Kier molecular flexibility index (Phi) is 5.30. The van der Waals surface area contributed by atoms with Crippen LogP contribution in [-0.2, 0) is 0 Å². The summed E-state index contributed by atoms with van der Waals surface area (Å²) in [6, 6.07) is 10.1. The van der Waals surface area contributed by atoms with Gasteiger partial charge in [0.05, 0.1) is 12.8 Å². The molecule has 0 fully saturated rings. The Morgan fingerprint density at radius 1 is 1.29 bits per heavy atom. The number of furan rings is 1. The quantitative estimate of drug-likeness (QED) is 0.428. The summed E-state index contributed by atoms with van der Waals surface area (Å²) in [6.45, 7) is 0.687. The predicted molar refractivity (Wildman–Crippen MR) is 79.6 cm³/mol. The molecule has 0 saturated heterocycles. The molecule has 3 N–H and O–H groups in total. The van der Waals surface area contributed by atoms with E-state index in [1.165, 1.54) is 6.26 Å². The Balaban J connectivity index is 1.73. The Bertz CT molecular complexity index is 596. The first-order valence-corrected chi connectivity index (χ1v) is 6.60. The van der Waals surface area contributed by atoms with E-state index < -0.39 is 0 Å². The van der Waals surface area contributed by atoms with Crippen LogP contribution >= 0.6 is 12.2 Å². The van der Waals surface area contributed by atoms with Crippen LogP contribution in [0.25, 0.3) is 0 Å². The maximum absolute atomic E-state index is 11.6. The molecule has 0 aliphatic heterocycles. The number of rotatable bonds is 6. The second-order valence-electron chi connectivity index (χ2n) is 4.05. The Labute approximate surface area is 126 Å². The predicted octanol–water partition coefficient (Wildman–Crippen LogP) is 1.74. The minimum atomic E-state index is -0.279. The third kappa shape index (κ3) is 4.30. The van der Waals surface area contributed by atoms with Crippen molar-refractivity contribution in [1.29, 1.82) is 0 Å². The maximum atomic E-state index is 11.6. The molecule has 110 valence electrons. The van der Waals surface area contributed by atoms with E-state index in [0.717, 1.165) is 0 Å². The van der Waals surface area contributed by atoms with Crippen LogP contribution in [0.2, 0.25) is 0 Å². The van der Waals surface area contributed by atoms with E-state index in [-0.39, 0.29) is 16.7 Å². The van der Waals surface area contributed by atoms with Gasteiger partial charge in [-0.1, -0.05) is 12.2 Å². The largest absolute Gasteiger partial charge is 0.492 e. The molecule has 0 unspecified atom stereocenters. The smallest absolute Gasteiger partial charge is 0.287 e. The van der Waals surface area contributed by atoms with Crippen LogP contribution in [0.15, 0.2) is 47.1 Å². The van der Waals surface area contributed by atoms with Gasteiger partial charge in [-0.25, -0.2) is 0 Å². The van der Waals surface area contributed by atoms with Crippen molar-refractivity contribution < 1.29 is 19.2 Å². The van der Waals surface area contributed by atoms with Crippen molar-refractivity contribution in [3.05, 3.63) is 54.0 Å². The highest BCUT2D eigenvalue weighted by molar-refractivity contribution is 7.80. The van der Waals surface area contributed by atoms with Crippen molar-refractivity contribution in [1.82, 2.24) is 10.8 Å². The Hall–Kier alpha value is -2.38. The van der Waals surface area contributed by atoms with Crippen LogP contribution in [0, 0.1) is 0 Å². The first-order valence-electron chi connectivity index (χ1n) is 6.19. The molecule has 1 heterocycles. The summed E-state index contributed by atoms with van der Waals surface area (Å²) in [4.78, 5) is 11.8. The van der Waals surface area contributed by atoms with Gasteiger partial charge in [0.25, 0.3) is 5.91 Å². The summed E-state index contributed by atoms with van der Waals surface area (Å²) in [5.74, 6) is 0.634. The number of ether oxygens (including phenoxy) is 1. The number of benzene rings is 1. The van der Waals surface area contributed by atoms with E-state index in [4.69, 9.17) is 26.6 Å². The summed E-state index contributed by atoms with van der Waals surface area (Å²) < 4.78 is 10.4. The topological polar surface area (TPSA) is 83.7 Å². The van der Waals surface area contributed by atoms with Gasteiger partial charge in [-0.05, 0) is 36.4 Å². The fourth-order valence-corrected chi connectivity index (χ4v) is 1.73. The van der Waals surface area contributed by atoms with Gasteiger partial charge in [-0.15, -0.1) is 0 Å². The minimum Gasteiger partial charge on any atom is -0.492 e. The number of hydrogen-bond donors (Lipinski definition) is 3. The van der Waals surface area contributed by atoms with Gasteiger partial charge < -0.3 is 14.5 Å². The Morgan fingerprint density at radius 3 is 2.67 bits per heavy atom. The number of thiocarbonyl (C=S) groups is 1. The molecular formula is C14H14N2O4S. The SMILES string of the molecule is O=C(NCCOc1ccc(C(=S)NO)cc1)c1ccco1. The summed E-state index contributed by atoms with van der Waals surface area (Å²) in [7, 11) is 0. The highest BCUT2D eigenvalue weighted by Gasteiger charge is 2.06. The molecule has 1 aromatic heterocycles. The third-order valence-corrected chi connectivity index (χ3v) is 2.95. The molecule has 0 saturated carbocycles. The lowest BCUT2D eigenvalue weighted by Gasteiger charge is -2.08. The molecule has 0 spiro atoms. The number of carbonyl (C=O) groups is 1. The van der Waals surface area contributed by atoms with Crippen LogP contribution in [0.5, 0.6) is 5.75 Å². The molecule has 7 heteroatoms. The van der Waals surface area contributed by atoms with Gasteiger partial charge in [0.2, 0.25) is 0 Å². The molecule has 0 radical (unpaired) electrons. The molecule has 2 aromatic rings. The first-order chi connectivity index (χ1) is 10.2. The molecule has 0 aliphatic carbocycles. The van der Waals surface area contributed by atoms with Crippen molar-refractivity contribution in [3.63, 3.8) is 0 Å². The fraction of sp³-hybridized carbons (Fsp3) is 0.143. The molecule has 0 bridgehead atoms. The van der Waals surface area contributed by atoms with Gasteiger partial charge in [-0.3, -0.25) is 15.5 Å². The van der Waals surface area contributed by atoms with Crippen molar-refractivity contribution in [2.75, 3.05) is 13.2 Å². The molecule has 0 aliphatic rings. The highest BCUT2D eigenvalue weighted by Crippen LogP contribution is 2.12. The number of carbonyl (C=O) groups excluding carboxylic acids is 1. The van der Waals surface area contributed by atoms with E-state index in [0.29, 0.717) is 24.5 Å². The van der Waals surface area contributed by atoms with Gasteiger partial charge >= 0.3 is 0 Å². The van der Waals surface area contributed by atoms with E-state index in [1.807, 2.05) is 5.48 Å². The molecular weight excluding hydrogens is 292 g/mol. The third-order valence-electron chi connectivity index (χ3n) is 2.62. The number of nitrogens with one attached hydrogen (secondary N) is 2. The van der Waals surface area contributed by atoms with Crippen LogP contribution in [0.4, 0.5) is 0 Å². The van der Waals surface area contributed by atoms with E-state index in [1.54, 1.807) is 36.4 Å². The lowest BCUT2D eigenvalue weighted by Crippen LogP contribution is -2.27. The van der Waals surface area contributed by atoms with Gasteiger partial charge in [0.15, 0.2) is 5.76 Å². The van der Waals surface area contributed by atoms with E-state index in [2.05, 4.69) is 5.32 Å². The average molecular weight is 306 g/mol. The van der Waals surface area contributed by atoms with Crippen LogP contribution in [0.3, 0.4) is 0 Å². The lowest BCUT2D eigenvalue weighted by atomic mass is 10.2. The molecule has 0 atom stereocenters. The molecule has 2 rings (SSSR count). The normalized spacial score (nSPS) is 9.95.